The Morgan fingerprint density at radius 2 is 2.00 bits per heavy atom. The van der Waals surface area contributed by atoms with Crippen LogP contribution in [-0.2, 0) is 10.9 Å². The number of carbonyl (C=O) groups is 1. The normalized spacial score (nSPS) is 16.8. The number of fused-ring (bicyclic) bond motifs is 1. The molecule has 7 nitrogen and oxygen atoms in total. The maximum Gasteiger partial charge on any atom is 0.433 e. The van der Waals surface area contributed by atoms with Crippen molar-refractivity contribution < 1.29 is 22.7 Å². The molecule has 0 aliphatic carbocycles. The Morgan fingerprint density at radius 3 is 2.71 bits per heavy atom. The van der Waals surface area contributed by atoms with Crippen LogP contribution in [0.25, 0.3) is 21.3 Å². The van der Waals surface area contributed by atoms with Crippen LogP contribution in [0.3, 0.4) is 0 Å². The van der Waals surface area contributed by atoms with Crippen LogP contribution >= 0.6 is 11.3 Å². The van der Waals surface area contributed by atoms with Crippen molar-refractivity contribution in [1.82, 2.24) is 14.9 Å². The molecule has 1 aromatic carbocycles. The van der Waals surface area contributed by atoms with Crippen molar-refractivity contribution >= 4 is 38.6 Å². The van der Waals surface area contributed by atoms with Gasteiger partial charge in [0.15, 0.2) is 5.13 Å². The van der Waals surface area contributed by atoms with Gasteiger partial charge in [-0.1, -0.05) is 17.4 Å². The van der Waals surface area contributed by atoms with E-state index in [9.17, 15) is 18.0 Å². The molecule has 3 aromatic rings. The number of nitrogens with zero attached hydrogens (tertiary/aromatic N) is 3. The van der Waals surface area contributed by atoms with E-state index in [0.717, 1.165) is 17.2 Å². The van der Waals surface area contributed by atoms with E-state index in [2.05, 4.69) is 15.3 Å². The van der Waals surface area contributed by atoms with Crippen molar-refractivity contribution in [1.29, 1.82) is 0 Å². The Labute approximate surface area is 199 Å². The molecule has 3 heterocycles. The second-order valence-corrected chi connectivity index (χ2v) is 10.2. The van der Waals surface area contributed by atoms with Gasteiger partial charge in [0.1, 0.15) is 17.1 Å². The first-order chi connectivity index (χ1) is 15.9. The van der Waals surface area contributed by atoms with Gasteiger partial charge in [0.25, 0.3) is 0 Å². The van der Waals surface area contributed by atoms with E-state index in [0.29, 0.717) is 34.7 Å². The number of rotatable bonds is 4. The zero-order valence-corrected chi connectivity index (χ0v) is 19.9. The standard InChI is InChI=1S/C23H26F3N5O2S/c1-22(2,3)33-21(32)31-10-4-5-14(31)12-28-19-15(7-9-18(30-19)23(24,25)26)13-6-8-17-16(11-13)29-20(27)34-17/h6-9,11,14H,4-5,10,12H2,1-3H3,(H2,27,29)(H,28,30). The summed E-state index contributed by atoms with van der Waals surface area (Å²) in [5.41, 5.74) is 5.99. The molecule has 34 heavy (non-hydrogen) atoms. The molecule has 4 rings (SSSR count). The zero-order chi connectivity index (χ0) is 24.7. The molecule has 0 spiro atoms. The minimum Gasteiger partial charge on any atom is -0.444 e. The molecule has 2 aromatic heterocycles. The number of anilines is 2. The minimum absolute atomic E-state index is 0.0911. The molecule has 1 amide bonds. The van der Waals surface area contributed by atoms with Gasteiger partial charge in [0.05, 0.1) is 16.3 Å². The highest BCUT2D eigenvalue weighted by Gasteiger charge is 2.34. The van der Waals surface area contributed by atoms with Crippen molar-refractivity contribution in [2.24, 2.45) is 0 Å². The van der Waals surface area contributed by atoms with Gasteiger partial charge in [-0.25, -0.2) is 14.8 Å². The third-order valence-electron chi connectivity index (χ3n) is 5.41. The first kappa shape index (κ1) is 24.1. The molecule has 1 aliphatic rings. The predicted octanol–water partition coefficient (Wildman–Crippen LogP) is 5.77. The van der Waals surface area contributed by atoms with Crippen LogP contribution in [0, 0.1) is 0 Å². The molecule has 0 radical (unpaired) electrons. The van der Waals surface area contributed by atoms with Crippen LogP contribution in [0.15, 0.2) is 30.3 Å². The summed E-state index contributed by atoms with van der Waals surface area (Å²) >= 11 is 1.34. The Kier molecular flexibility index (Phi) is 6.32. The monoisotopic (exact) mass is 493 g/mol. The molecule has 0 bridgehead atoms. The number of amides is 1. The Hall–Kier alpha value is -3.08. The van der Waals surface area contributed by atoms with Crippen LogP contribution in [0.2, 0.25) is 0 Å². The van der Waals surface area contributed by atoms with Gasteiger partial charge >= 0.3 is 12.3 Å². The van der Waals surface area contributed by atoms with E-state index in [-0.39, 0.29) is 18.4 Å². The Bertz CT molecular complexity index is 1210. The third-order valence-corrected chi connectivity index (χ3v) is 6.28. The maximum atomic E-state index is 13.4. The van der Waals surface area contributed by atoms with Gasteiger partial charge < -0.3 is 20.7 Å². The highest BCUT2D eigenvalue weighted by molar-refractivity contribution is 7.22. The van der Waals surface area contributed by atoms with Crippen molar-refractivity contribution in [2.45, 2.75) is 51.4 Å². The summed E-state index contributed by atoms with van der Waals surface area (Å²) in [6.45, 7) is 6.15. The number of pyridine rings is 1. The number of likely N-dealkylation sites (tertiary alicyclic amines) is 1. The lowest BCUT2D eigenvalue weighted by Gasteiger charge is -2.29. The number of aromatic nitrogens is 2. The van der Waals surface area contributed by atoms with E-state index in [4.69, 9.17) is 10.5 Å². The zero-order valence-electron chi connectivity index (χ0n) is 19.1. The first-order valence-corrected chi connectivity index (χ1v) is 11.7. The topological polar surface area (TPSA) is 93.4 Å². The molecule has 1 aliphatic heterocycles. The minimum atomic E-state index is -4.59. The molecule has 182 valence electrons. The average molecular weight is 494 g/mol. The quantitative estimate of drug-likeness (QED) is 0.479. The first-order valence-electron chi connectivity index (χ1n) is 10.9. The molecular formula is C23H26F3N5O2S. The van der Waals surface area contributed by atoms with Crippen molar-refractivity contribution in [3.05, 3.63) is 36.0 Å². The highest BCUT2D eigenvalue weighted by Crippen LogP contribution is 2.35. The maximum absolute atomic E-state index is 13.4. The lowest BCUT2D eigenvalue weighted by Crippen LogP contribution is -2.42. The summed E-state index contributed by atoms with van der Waals surface area (Å²) in [7, 11) is 0. The summed E-state index contributed by atoms with van der Waals surface area (Å²) in [6.07, 6.45) is -3.51. The van der Waals surface area contributed by atoms with Gasteiger partial charge in [-0.2, -0.15) is 13.2 Å². The number of ether oxygens (including phenoxy) is 1. The van der Waals surface area contributed by atoms with Gasteiger partial charge in [-0.15, -0.1) is 0 Å². The summed E-state index contributed by atoms with van der Waals surface area (Å²) < 4.78 is 46.6. The molecule has 3 N–H and O–H groups in total. The average Bonchev–Trinajstić information content (AvgIpc) is 3.35. The van der Waals surface area contributed by atoms with Crippen LogP contribution in [0.4, 0.5) is 28.9 Å². The molecular weight excluding hydrogens is 467 g/mol. The molecule has 11 heteroatoms. The molecule has 0 saturated carbocycles. The van der Waals surface area contributed by atoms with E-state index in [1.54, 1.807) is 37.8 Å². The molecule has 1 saturated heterocycles. The van der Waals surface area contributed by atoms with Crippen LogP contribution in [0.5, 0.6) is 0 Å². The lowest BCUT2D eigenvalue weighted by atomic mass is 10.1. The van der Waals surface area contributed by atoms with Gasteiger partial charge in [-0.05, 0) is 63.4 Å². The second kappa shape index (κ2) is 8.94. The third kappa shape index (κ3) is 5.35. The highest BCUT2D eigenvalue weighted by atomic mass is 32.1. The number of nitrogens with two attached hydrogens (primary N) is 1. The van der Waals surface area contributed by atoms with E-state index in [1.165, 1.54) is 17.4 Å². The number of thiazole rings is 1. The summed E-state index contributed by atoms with van der Waals surface area (Å²) in [5, 5.41) is 3.48. The number of nitrogens with one attached hydrogen (secondary N) is 1. The van der Waals surface area contributed by atoms with Crippen molar-refractivity contribution in [3.63, 3.8) is 0 Å². The van der Waals surface area contributed by atoms with Gasteiger partial charge in [0, 0.05) is 18.7 Å². The summed E-state index contributed by atoms with van der Waals surface area (Å²) in [4.78, 5) is 22.4. The summed E-state index contributed by atoms with van der Waals surface area (Å²) in [6, 6.07) is 7.55. The number of carbonyl (C=O) groups excluding carboxylic acids is 1. The molecule has 1 fully saturated rings. The number of hydrogen-bond acceptors (Lipinski definition) is 7. The fourth-order valence-corrected chi connectivity index (χ4v) is 4.64. The predicted molar refractivity (Wildman–Crippen MR) is 127 cm³/mol. The van der Waals surface area contributed by atoms with Crippen molar-refractivity contribution in [3.8, 4) is 11.1 Å². The fraction of sp³-hybridized carbons (Fsp3) is 0.435. The molecule has 1 unspecified atom stereocenters. The molecule has 1 atom stereocenters. The van der Waals surface area contributed by atoms with Crippen molar-refractivity contribution in [2.75, 3.05) is 24.1 Å². The number of benzene rings is 1. The van der Waals surface area contributed by atoms with Crippen LogP contribution in [0.1, 0.15) is 39.3 Å². The number of alkyl halides is 3. The number of halogens is 3. The van der Waals surface area contributed by atoms with E-state index >= 15 is 0 Å². The SMILES string of the molecule is CC(C)(C)OC(=O)N1CCCC1CNc1nc(C(F)(F)F)ccc1-c1ccc2sc(N)nc2c1. The van der Waals surface area contributed by atoms with E-state index < -0.39 is 23.6 Å². The smallest absolute Gasteiger partial charge is 0.433 e. The Morgan fingerprint density at radius 1 is 1.24 bits per heavy atom. The van der Waals surface area contributed by atoms with E-state index in [1.807, 2.05) is 6.07 Å². The second-order valence-electron chi connectivity index (χ2n) is 9.18. The van der Waals surface area contributed by atoms with Crippen LogP contribution in [-0.4, -0.2) is 45.7 Å². The van der Waals surface area contributed by atoms with Crippen LogP contribution < -0.4 is 11.1 Å². The largest absolute Gasteiger partial charge is 0.444 e. The lowest BCUT2D eigenvalue weighted by molar-refractivity contribution is -0.141. The number of hydrogen-bond donors (Lipinski definition) is 2. The van der Waals surface area contributed by atoms with Gasteiger partial charge in [0.2, 0.25) is 0 Å². The number of nitrogen functional groups attached to an aromatic ring is 1. The van der Waals surface area contributed by atoms with Gasteiger partial charge in [-0.3, -0.25) is 0 Å². The Balaban J connectivity index is 1.62. The summed E-state index contributed by atoms with van der Waals surface area (Å²) in [5.74, 6) is 0.0911. The fourth-order valence-electron chi connectivity index (χ4n) is 3.92.